The van der Waals surface area contributed by atoms with Gasteiger partial charge in [-0.25, -0.2) is 0 Å². The number of nitrogens with two attached hydrogens (primary N) is 1. The van der Waals surface area contributed by atoms with Crippen molar-refractivity contribution in [3.05, 3.63) is 11.8 Å². The molecule has 1 saturated heterocycles. The largest absolute Gasteiger partial charge is 0.512 e. The fourth-order valence-corrected chi connectivity index (χ4v) is 1.66. The van der Waals surface area contributed by atoms with Crippen molar-refractivity contribution in [2.24, 2.45) is 16.1 Å². The number of amidine groups is 1. The van der Waals surface area contributed by atoms with Gasteiger partial charge in [-0.3, -0.25) is 4.79 Å². The summed E-state index contributed by atoms with van der Waals surface area (Å²) in [5.74, 6) is -0.0851. The highest BCUT2D eigenvalue weighted by Gasteiger charge is 2.20. The maximum Gasteiger partial charge on any atom is 0.264 e. The van der Waals surface area contributed by atoms with E-state index in [0.717, 1.165) is 25.8 Å². The highest BCUT2D eigenvalue weighted by molar-refractivity contribution is 6.01. The quantitative estimate of drug-likeness (QED) is 0.395. The molecule has 0 spiro atoms. The molecule has 0 aliphatic carbocycles. The Labute approximate surface area is 108 Å². The number of nitrogens with one attached hydrogen (secondary N) is 1. The number of hydrogen-bond donors (Lipinski definition) is 3. The smallest absolute Gasteiger partial charge is 0.264 e. The zero-order valence-electron chi connectivity index (χ0n) is 11.4. The number of hydrogen-bond acceptors (Lipinski definition) is 3. The molecule has 4 N–H and O–H groups in total. The van der Waals surface area contributed by atoms with Crippen LogP contribution in [0.2, 0.25) is 0 Å². The van der Waals surface area contributed by atoms with Gasteiger partial charge in [-0.2, -0.15) is 4.99 Å². The SMILES string of the molecule is CC(C)(C)/C(O)=C/C(N)=NC(=O)[C@@H]1CCCCN1. The minimum Gasteiger partial charge on any atom is -0.512 e. The minimum absolute atomic E-state index is 0.0554. The molecule has 1 rings (SSSR count). The lowest BCUT2D eigenvalue weighted by Crippen LogP contribution is -2.40. The second-order valence-electron chi connectivity index (χ2n) is 5.66. The Morgan fingerprint density at radius 3 is 2.61 bits per heavy atom. The van der Waals surface area contributed by atoms with E-state index in [0.29, 0.717) is 0 Å². The lowest BCUT2D eigenvalue weighted by molar-refractivity contribution is -0.120. The summed E-state index contributed by atoms with van der Waals surface area (Å²) in [5, 5.41) is 12.9. The first-order valence-electron chi connectivity index (χ1n) is 6.33. The molecule has 0 aromatic rings. The van der Waals surface area contributed by atoms with Crippen molar-refractivity contribution in [1.29, 1.82) is 0 Å². The van der Waals surface area contributed by atoms with Crippen LogP contribution in [-0.2, 0) is 4.79 Å². The molecule has 0 radical (unpaired) electrons. The third kappa shape index (κ3) is 4.49. The van der Waals surface area contributed by atoms with E-state index in [4.69, 9.17) is 5.73 Å². The van der Waals surface area contributed by atoms with Crippen molar-refractivity contribution in [2.75, 3.05) is 6.54 Å². The topological polar surface area (TPSA) is 87.7 Å². The molecule has 1 atom stereocenters. The van der Waals surface area contributed by atoms with Gasteiger partial charge in [0.05, 0.1) is 6.04 Å². The maximum absolute atomic E-state index is 11.8. The molecule has 5 nitrogen and oxygen atoms in total. The number of aliphatic hydroxyl groups is 1. The van der Waals surface area contributed by atoms with Gasteiger partial charge in [0.25, 0.3) is 5.91 Å². The monoisotopic (exact) mass is 253 g/mol. The van der Waals surface area contributed by atoms with Crippen LogP contribution < -0.4 is 11.1 Å². The number of allylic oxidation sites excluding steroid dienone is 1. The summed E-state index contributed by atoms with van der Waals surface area (Å²) < 4.78 is 0. The molecule has 1 amide bonds. The number of rotatable bonds is 2. The Bertz CT molecular complexity index is 361. The molecule has 18 heavy (non-hydrogen) atoms. The molecular formula is C13H23N3O2. The number of carbonyl (C=O) groups is 1. The van der Waals surface area contributed by atoms with Gasteiger partial charge in [-0.05, 0) is 19.4 Å². The Balaban J connectivity index is 2.68. The molecule has 0 aromatic carbocycles. The first kappa shape index (κ1) is 14.7. The van der Waals surface area contributed by atoms with Crippen LogP contribution in [0.4, 0.5) is 0 Å². The van der Waals surface area contributed by atoms with Crippen LogP contribution in [-0.4, -0.2) is 29.4 Å². The molecule has 102 valence electrons. The molecular weight excluding hydrogens is 230 g/mol. The van der Waals surface area contributed by atoms with Crippen molar-refractivity contribution in [2.45, 2.75) is 46.1 Å². The lowest BCUT2D eigenvalue weighted by atomic mass is 9.93. The van der Waals surface area contributed by atoms with Gasteiger partial charge < -0.3 is 16.2 Å². The molecule has 1 fully saturated rings. The Kier molecular flexibility index (Phi) is 4.90. The van der Waals surface area contributed by atoms with E-state index in [9.17, 15) is 9.90 Å². The summed E-state index contributed by atoms with van der Waals surface area (Å²) >= 11 is 0. The van der Waals surface area contributed by atoms with Crippen LogP contribution in [0.1, 0.15) is 40.0 Å². The Morgan fingerprint density at radius 1 is 1.44 bits per heavy atom. The summed E-state index contributed by atoms with van der Waals surface area (Å²) in [6.45, 7) is 6.42. The average Bonchev–Trinajstić information content (AvgIpc) is 2.28. The van der Waals surface area contributed by atoms with Gasteiger partial charge in [0.1, 0.15) is 11.6 Å². The summed E-state index contributed by atoms with van der Waals surface area (Å²) in [6.07, 6.45) is 4.26. The second-order valence-corrected chi connectivity index (χ2v) is 5.66. The third-order valence-corrected chi connectivity index (χ3v) is 2.90. The van der Waals surface area contributed by atoms with E-state index in [-0.39, 0.29) is 23.5 Å². The fourth-order valence-electron chi connectivity index (χ4n) is 1.66. The molecule has 0 aromatic heterocycles. The van der Waals surface area contributed by atoms with Gasteiger partial charge >= 0.3 is 0 Å². The van der Waals surface area contributed by atoms with Crippen molar-refractivity contribution < 1.29 is 9.90 Å². The van der Waals surface area contributed by atoms with Crippen molar-refractivity contribution in [1.82, 2.24) is 5.32 Å². The summed E-state index contributed by atoms with van der Waals surface area (Å²) in [6, 6.07) is -0.234. The van der Waals surface area contributed by atoms with Crippen LogP contribution in [0.25, 0.3) is 0 Å². The zero-order valence-corrected chi connectivity index (χ0v) is 11.4. The van der Waals surface area contributed by atoms with Crippen LogP contribution in [0.15, 0.2) is 16.8 Å². The average molecular weight is 253 g/mol. The zero-order chi connectivity index (χ0) is 13.8. The van der Waals surface area contributed by atoms with E-state index in [1.165, 1.54) is 6.08 Å². The molecule has 1 aliphatic rings. The highest BCUT2D eigenvalue weighted by Crippen LogP contribution is 2.22. The number of amides is 1. The number of carbonyl (C=O) groups excluding carboxylic acids is 1. The standard InChI is InChI=1S/C13H23N3O2/c1-13(2,3)10(17)8-11(14)16-12(18)9-6-4-5-7-15-9/h8-9,15,17H,4-7H2,1-3H3,(H2,14,16,18)/b10-8-/t9-/m0/s1. The highest BCUT2D eigenvalue weighted by atomic mass is 16.3. The van der Waals surface area contributed by atoms with E-state index in [1.54, 1.807) is 0 Å². The fraction of sp³-hybridized carbons (Fsp3) is 0.692. The van der Waals surface area contributed by atoms with Gasteiger partial charge in [0.15, 0.2) is 0 Å². The van der Waals surface area contributed by atoms with Crippen molar-refractivity contribution >= 4 is 11.7 Å². The predicted molar refractivity (Wildman–Crippen MR) is 72.4 cm³/mol. The summed E-state index contributed by atoms with van der Waals surface area (Å²) in [5.41, 5.74) is 5.25. The van der Waals surface area contributed by atoms with Crippen LogP contribution >= 0.6 is 0 Å². The van der Waals surface area contributed by atoms with Gasteiger partial charge in [0, 0.05) is 11.5 Å². The van der Waals surface area contributed by atoms with Crippen molar-refractivity contribution in [3.8, 4) is 0 Å². The molecule has 0 unspecified atom stereocenters. The maximum atomic E-state index is 11.8. The first-order valence-corrected chi connectivity index (χ1v) is 6.33. The van der Waals surface area contributed by atoms with E-state index in [1.807, 2.05) is 20.8 Å². The van der Waals surface area contributed by atoms with Crippen molar-refractivity contribution in [3.63, 3.8) is 0 Å². The minimum atomic E-state index is -0.397. The van der Waals surface area contributed by atoms with Gasteiger partial charge in [-0.1, -0.05) is 27.2 Å². The number of nitrogens with zero attached hydrogens (tertiary/aromatic N) is 1. The summed E-state index contributed by atoms with van der Waals surface area (Å²) in [4.78, 5) is 15.6. The van der Waals surface area contributed by atoms with Crippen LogP contribution in [0, 0.1) is 5.41 Å². The molecule has 1 aliphatic heterocycles. The van der Waals surface area contributed by atoms with Gasteiger partial charge in [-0.15, -0.1) is 0 Å². The summed E-state index contributed by atoms with van der Waals surface area (Å²) in [7, 11) is 0. The van der Waals surface area contributed by atoms with E-state index >= 15 is 0 Å². The third-order valence-electron chi connectivity index (χ3n) is 2.90. The van der Waals surface area contributed by atoms with Crippen LogP contribution in [0.3, 0.4) is 0 Å². The van der Waals surface area contributed by atoms with Gasteiger partial charge in [0.2, 0.25) is 0 Å². The lowest BCUT2D eigenvalue weighted by Gasteiger charge is -2.20. The molecule has 1 heterocycles. The number of aliphatic imine (C=N–C) groups is 1. The predicted octanol–water partition coefficient (Wildman–Crippen LogP) is 1.50. The molecule has 5 heteroatoms. The Morgan fingerprint density at radius 2 is 2.11 bits per heavy atom. The number of aliphatic hydroxyl groups excluding tert-OH is 1. The second kappa shape index (κ2) is 6.00. The first-order chi connectivity index (χ1) is 8.30. The molecule has 0 saturated carbocycles. The van der Waals surface area contributed by atoms with Crippen LogP contribution in [0.5, 0.6) is 0 Å². The van der Waals surface area contributed by atoms with E-state index < -0.39 is 5.41 Å². The Hall–Kier alpha value is -1.36. The normalized spacial score (nSPS) is 22.9. The van der Waals surface area contributed by atoms with E-state index in [2.05, 4.69) is 10.3 Å². The number of piperidine rings is 1. The molecule has 0 bridgehead atoms.